The topological polar surface area (TPSA) is 41.1 Å². The fourth-order valence-corrected chi connectivity index (χ4v) is 2.60. The van der Waals surface area contributed by atoms with Gasteiger partial charge in [-0.05, 0) is 43.7 Å². The van der Waals surface area contributed by atoms with E-state index in [2.05, 4.69) is 32.6 Å². The molecule has 0 fully saturated rings. The Bertz CT molecular complexity index is 468. The van der Waals surface area contributed by atoms with E-state index in [1.807, 2.05) is 25.1 Å². The van der Waals surface area contributed by atoms with Gasteiger partial charge >= 0.3 is 0 Å². The molecule has 19 heavy (non-hydrogen) atoms. The third-order valence-corrected chi connectivity index (χ3v) is 3.40. The van der Waals surface area contributed by atoms with Crippen LogP contribution in [0, 0.1) is 6.92 Å². The molecule has 0 aromatic heterocycles. The molecule has 0 unspecified atom stereocenters. The molecule has 2 N–H and O–H groups in total. The zero-order chi connectivity index (χ0) is 13.0. The van der Waals surface area contributed by atoms with E-state index in [4.69, 9.17) is 0 Å². The summed E-state index contributed by atoms with van der Waals surface area (Å²) in [5.41, 5.74) is 3.08. The van der Waals surface area contributed by atoms with Crippen molar-refractivity contribution in [3.05, 3.63) is 45.4 Å². The second kappa shape index (κ2) is 7.68. The summed E-state index contributed by atoms with van der Waals surface area (Å²) in [7, 11) is 0. The standard InChI is InChI=1S/C14H17BrN2O.ClH/c1-10-6-12(8-13(15)7-10)14(18)17-9-11-2-4-16-5-3-11;/h2,6-8,16H,3-5,9H2,1H3,(H,17,18);1H. The Morgan fingerprint density at radius 2 is 2.21 bits per heavy atom. The van der Waals surface area contributed by atoms with Gasteiger partial charge in [0.15, 0.2) is 0 Å². The van der Waals surface area contributed by atoms with Crippen molar-refractivity contribution in [3.8, 4) is 0 Å². The first-order valence-corrected chi connectivity index (χ1v) is 6.88. The molecule has 3 nitrogen and oxygen atoms in total. The highest BCUT2D eigenvalue weighted by molar-refractivity contribution is 9.10. The first-order valence-electron chi connectivity index (χ1n) is 6.09. The van der Waals surface area contributed by atoms with Gasteiger partial charge in [-0.15, -0.1) is 12.4 Å². The van der Waals surface area contributed by atoms with E-state index >= 15 is 0 Å². The number of halogens is 2. The molecule has 0 spiro atoms. The van der Waals surface area contributed by atoms with Crippen molar-refractivity contribution in [1.82, 2.24) is 10.6 Å². The number of carbonyl (C=O) groups excluding carboxylic acids is 1. The first kappa shape index (κ1) is 16.2. The normalized spacial score (nSPS) is 14.3. The molecular formula is C14H18BrClN2O. The van der Waals surface area contributed by atoms with Crippen molar-refractivity contribution in [1.29, 1.82) is 0 Å². The Morgan fingerprint density at radius 3 is 2.84 bits per heavy atom. The average Bonchev–Trinajstić information content (AvgIpc) is 2.36. The molecule has 5 heteroatoms. The summed E-state index contributed by atoms with van der Waals surface area (Å²) in [6.45, 7) is 4.53. The lowest BCUT2D eigenvalue weighted by Gasteiger charge is -2.14. The highest BCUT2D eigenvalue weighted by Crippen LogP contribution is 2.15. The van der Waals surface area contributed by atoms with E-state index in [1.54, 1.807) is 0 Å². The molecule has 1 aliphatic rings. The van der Waals surface area contributed by atoms with Gasteiger partial charge in [0, 0.05) is 23.1 Å². The molecule has 104 valence electrons. The van der Waals surface area contributed by atoms with Gasteiger partial charge in [-0.2, -0.15) is 0 Å². The predicted molar refractivity (Wildman–Crippen MR) is 84.0 cm³/mol. The van der Waals surface area contributed by atoms with Crippen LogP contribution < -0.4 is 10.6 Å². The molecule has 1 aromatic rings. The van der Waals surface area contributed by atoms with Gasteiger partial charge in [0.25, 0.3) is 5.91 Å². The smallest absolute Gasteiger partial charge is 0.251 e. The maximum atomic E-state index is 12.0. The van der Waals surface area contributed by atoms with Gasteiger partial charge in [0.2, 0.25) is 0 Å². The molecule has 0 aliphatic carbocycles. The summed E-state index contributed by atoms with van der Waals surface area (Å²) >= 11 is 3.41. The zero-order valence-electron chi connectivity index (χ0n) is 10.8. The van der Waals surface area contributed by atoms with Crippen LogP contribution in [0.15, 0.2) is 34.3 Å². The fourth-order valence-electron chi connectivity index (χ4n) is 1.99. The Balaban J connectivity index is 0.00000180. The van der Waals surface area contributed by atoms with Gasteiger partial charge in [0.05, 0.1) is 0 Å². The number of hydrogen-bond donors (Lipinski definition) is 2. The number of amides is 1. The summed E-state index contributed by atoms with van der Waals surface area (Å²) in [4.78, 5) is 12.0. The lowest BCUT2D eigenvalue weighted by Crippen LogP contribution is -2.29. The van der Waals surface area contributed by atoms with Crippen LogP contribution >= 0.6 is 28.3 Å². The van der Waals surface area contributed by atoms with Crippen LogP contribution in [0.3, 0.4) is 0 Å². The molecule has 1 amide bonds. The van der Waals surface area contributed by atoms with Crippen molar-refractivity contribution in [2.75, 3.05) is 19.6 Å². The number of benzene rings is 1. The largest absolute Gasteiger partial charge is 0.348 e. The molecule has 0 saturated heterocycles. The monoisotopic (exact) mass is 344 g/mol. The van der Waals surface area contributed by atoms with E-state index in [0.29, 0.717) is 12.1 Å². The maximum absolute atomic E-state index is 12.0. The third kappa shape index (κ3) is 4.97. The lowest BCUT2D eigenvalue weighted by atomic mass is 10.1. The van der Waals surface area contributed by atoms with E-state index < -0.39 is 0 Å². The fraction of sp³-hybridized carbons (Fsp3) is 0.357. The molecule has 2 rings (SSSR count). The Hall–Kier alpha value is -0.840. The van der Waals surface area contributed by atoms with E-state index in [-0.39, 0.29) is 18.3 Å². The molecule has 1 heterocycles. The lowest BCUT2D eigenvalue weighted by molar-refractivity contribution is 0.0956. The molecule has 0 saturated carbocycles. The van der Waals surface area contributed by atoms with Gasteiger partial charge in [-0.3, -0.25) is 4.79 Å². The van der Waals surface area contributed by atoms with Gasteiger partial charge in [0.1, 0.15) is 0 Å². The first-order chi connectivity index (χ1) is 8.65. The van der Waals surface area contributed by atoms with Crippen molar-refractivity contribution < 1.29 is 4.79 Å². The minimum Gasteiger partial charge on any atom is -0.348 e. The summed E-state index contributed by atoms with van der Waals surface area (Å²) in [5, 5.41) is 6.22. The molecule has 1 aliphatic heterocycles. The van der Waals surface area contributed by atoms with E-state index in [1.165, 1.54) is 5.57 Å². The van der Waals surface area contributed by atoms with E-state index in [0.717, 1.165) is 29.5 Å². The SMILES string of the molecule is Cc1cc(Br)cc(C(=O)NCC2=CCNCC2)c1.Cl. The average molecular weight is 346 g/mol. The molecule has 0 radical (unpaired) electrons. The number of rotatable bonds is 3. The van der Waals surface area contributed by atoms with Crippen molar-refractivity contribution in [3.63, 3.8) is 0 Å². The van der Waals surface area contributed by atoms with Crippen LogP contribution in [0.5, 0.6) is 0 Å². The highest BCUT2D eigenvalue weighted by atomic mass is 79.9. The highest BCUT2D eigenvalue weighted by Gasteiger charge is 2.08. The molecule has 1 aromatic carbocycles. The maximum Gasteiger partial charge on any atom is 0.251 e. The second-order valence-corrected chi connectivity index (χ2v) is 5.43. The molecule has 0 bridgehead atoms. The third-order valence-electron chi connectivity index (χ3n) is 2.94. The number of aryl methyl sites for hydroxylation is 1. The minimum atomic E-state index is -0.0150. The Kier molecular flexibility index (Phi) is 6.55. The van der Waals surface area contributed by atoms with Crippen LogP contribution in [0.25, 0.3) is 0 Å². The summed E-state index contributed by atoms with van der Waals surface area (Å²) in [6.07, 6.45) is 3.16. The van der Waals surface area contributed by atoms with Crippen LogP contribution in [-0.4, -0.2) is 25.5 Å². The van der Waals surface area contributed by atoms with Gasteiger partial charge in [-0.25, -0.2) is 0 Å². The van der Waals surface area contributed by atoms with Crippen LogP contribution in [0.4, 0.5) is 0 Å². The van der Waals surface area contributed by atoms with Crippen molar-refractivity contribution in [2.24, 2.45) is 0 Å². The van der Waals surface area contributed by atoms with Crippen LogP contribution in [-0.2, 0) is 0 Å². The molecular weight excluding hydrogens is 328 g/mol. The summed E-state index contributed by atoms with van der Waals surface area (Å²) in [6, 6.07) is 5.74. The van der Waals surface area contributed by atoms with E-state index in [9.17, 15) is 4.79 Å². The zero-order valence-corrected chi connectivity index (χ0v) is 13.2. The predicted octanol–water partition coefficient (Wildman–Crippen LogP) is 2.83. The summed E-state index contributed by atoms with van der Waals surface area (Å²) < 4.78 is 0.939. The van der Waals surface area contributed by atoms with Crippen molar-refractivity contribution >= 4 is 34.2 Å². The Morgan fingerprint density at radius 1 is 1.42 bits per heavy atom. The van der Waals surface area contributed by atoms with Crippen LogP contribution in [0.2, 0.25) is 0 Å². The van der Waals surface area contributed by atoms with Crippen LogP contribution in [0.1, 0.15) is 22.3 Å². The molecule has 0 atom stereocenters. The number of hydrogen-bond acceptors (Lipinski definition) is 2. The second-order valence-electron chi connectivity index (χ2n) is 4.52. The van der Waals surface area contributed by atoms with Gasteiger partial charge in [-0.1, -0.05) is 27.6 Å². The quantitative estimate of drug-likeness (QED) is 0.827. The van der Waals surface area contributed by atoms with Gasteiger partial charge < -0.3 is 10.6 Å². The Labute approximate surface area is 128 Å². The van der Waals surface area contributed by atoms with Crippen molar-refractivity contribution in [2.45, 2.75) is 13.3 Å². The summed E-state index contributed by atoms with van der Waals surface area (Å²) in [5.74, 6) is -0.0150. The number of nitrogens with one attached hydrogen (secondary N) is 2. The minimum absolute atomic E-state index is 0. The number of carbonyl (C=O) groups is 1.